The molecule has 0 unspecified atom stereocenters. The van der Waals surface area contributed by atoms with Crippen molar-refractivity contribution in [1.82, 2.24) is 14.8 Å². The van der Waals surface area contributed by atoms with Crippen LogP contribution in [-0.2, 0) is 0 Å². The minimum absolute atomic E-state index is 0.00306. The number of likely N-dealkylation sites (N-methyl/N-ethyl adjacent to an activating group) is 1. The summed E-state index contributed by atoms with van der Waals surface area (Å²) in [6.07, 6.45) is 0. The van der Waals surface area contributed by atoms with Crippen molar-refractivity contribution in [2.24, 2.45) is 5.92 Å². The fourth-order valence-electron chi connectivity index (χ4n) is 3.47. The first-order valence-corrected chi connectivity index (χ1v) is 7.89. The number of rotatable bonds is 2. The Hall–Kier alpha value is -2.01. The molecular weight excluding hydrogens is 293 g/mol. The third-order valence-corrected chi connectivity index (χ3v) is 4.65. The number of carbonyl (C=O) groups is 1. The Morgan fingerprint density at radius 3 is 2.70 bits per heavy atom. The fourth-order valence-corrected chi connectivity index (χ4v) is 3.47. The number of hydrogen-bond acceptors (Lipinski definition) is 3. The van der Waals surface area contributed by atoms with Crippen molar-refractivity contribution < 1.29 is 9.18 Å². The van der Waals surface area contributed by atoms with Gasteiger partial charge in [0, 0.05) is 36.3 Å². The first kappa shape index (κ1) is 15.9. The van der Waals surface area contributed by atoms with Crippen molar-refractivity contribution in [1.29, 1.82) is 0 Å². The van der Waals surface area contributed by atoms with Crippen LogP contribution in [0.3, 0.4) is 0 Å². The van der Waals surface area contributed by atoms with Gasteiger partial charge in [0.25, 0.3) is 5.91 Å². The molecule has 1 aromatic carbocycles. The van der Waals surface area contributed by atoms with Crippen LogP contribution in [0, 0.1) is 18.7 Å². The van der Waals surface area contributed by atoms with E-state index in [9.17, 15) is 9.18 Å². The van der Waals surface area contributed by atoms with E-state index in [0.29, 0.717) is 28.4 Å². The van der Waals surface area contributed by atoms with Crippen molar-refractivity contribution in [2.75, 3.05) is 27.2 Å². The van der Waals surface area contributed by atoms with E-state index >= 15 is 0 Å². The van der Waals surface area contributed by atoms with Crippen LogP contribution in [0.5, 0.6) is 0 Å². The summed E-state index contributed by atoms with van der Waals surface area (Å²) in [5.41, 5.74) is 1.87. The quantitative estimate of drug-likeness (QED) is 0.855. The maximum Gasteiger partial charge on any atom is 0.254 e. The first-order valence-electron chi connectivity index (χ1n) is 7.89. The highest BCUT2D eigenvalue weighted by Crippen LogP contribution is 2.25. The van der Waals surface area contributed by atoms with Crippen molar-refractivity contribution >= 4 is 16.8 Å². The standard InChI is InChI=1S/C18H22FN3O/c1-11-9-22(10-17(11)21(3)4)18(23)15-7-12(2)20-16-8-13(19)5-6-14(15)16/h5-8,11,17H,9-10H2,1-4H3/t11-,17+/m0/s1. The highest BCUT2D eigenvalue weighted by Gasteiger charge is 2.34. The van der Waals surface area contributed by atoms with Gasteiger partial charge in [0.05, 0.1) is 11.1 Å². The Labute approximate surface area is 135 Å². The van der Waals surface area contributed by atoms with E-state index in [-0.39, 0.29) is 11.7 Å². The van der Waals surface area contributed by atoms with Crippen LogP contribution in [0.25, 0.3) is 10.9 Å². The molecule has 1 aromatic heterocycles. The number of hydrogen-bond donors (Lipinski definition) is 0. The lowest BCUT2D eigenvalue weighted by Gasteiger charge is -2.22. The zero-order valence-electron chi connectivity index (χ0n) is 14.0. The van der Waals surface area contributed by atoms with Gasteiger partial charge in [0.2, 0.25) is 0 Å². The van der Waals surface area contributed by atoms with Gasteiger partial charge < -0.3 is 9.80 Å². The van der Waals surface area contributed by atoms with Crippen LogP contribution in [0.1, 0.15) is 23.0 Å². The van der Waals surface area contributed by atoms with Gasteiger partial charge in [-0.25, -0.2) is 4.39 Å². The molecule has 1 amide bonds. The molecule has 0 radical (unpaired) electrons. The van der Waals surface area contributed by atoms with Crippen molar-refractivity contribution in [3.63, 3.8) is 0 Å². The second kappa shape index (κ2) is 5.89. The van der Waals surface area contributed by atoms with Gasteiger partial charge in [0.1, 0.15) is 5.82 Å². The third-order valence-electron chi connectivity index (χ3n) is 4.65. The summed E-state index contributed by atoms with van der Waals surface area (Å²) in [6, 6.07) is 6.58. The molecule has 122 valence electrons. The lowest BCUT2D eigenvalue weighted by Crippen LogP contribution is -2.35. The molecule has 0 bridgehead atoms. The van der Waals surface area contributed by atoms with Crippen LogP contribution in [0.15, 0.2) is 24.3 Å². The lowest BCUT2D eigenvalue weighted by atomic mass is 10.1. The first-order chi connectivity index (χ1) is 10.9. The monoisotopic (exact) mass is 315 g/mol. The Kier molecular flexibility index (Phi) is 4.06. The largest absolute Gasteiger partial charge is 0.337 e. The Bertz CT molecular complexity index is 754. The van der Waals surface area contributed by atoms with E-state index in [0.717, 1.165) is 18.8 Å². The average Bonchev–Trinajstić information content (AvgIpc) is 2.87. The maximum absolute atomic E-state index is 13.5. The normalized spacial score (nSPS) is 21.4. The third kappa shape index (κ3) is 2.93. The van der Waals surface area contributed by atoms with E-state index in [1.165, 1.54) is 12.1 Å². The Morgan fingerprint density at radius 1 is 1.30 bits per heavy atom. The van der Waals surface area contributed by atoms with Gasteiger partial charge in [-0.3, -0.25) is 9.78 Å². The molecule has 1 aliphatic rings. The SMILES string of the molecule is Cc1cc(C(=O)N2C[C@@H](N(C)C)[C@@H](C)C2)c2ccc(F)cc2n1. The Balaban J connectivity index is 1.99. The molecule has 5 heteroatoms. The molecule has 2 atom stereocenters. The van der Waals surface area contributed by atoms with E-state index in [1.54, 1.807) is 12.1 Å². The molecule has 23 heavy (non-hydrogen) atoms. The summed E-state index contributed by atoms with van der Waals surface area (Å²) in [7, 11) is 4.09. The molecule has 1 aliphatic heterocycles. The number of aryl methyl sites for hydroxylation is 1. The summed E-state index contributed by atoms with van der Waals surface area (Å²) in [5, 5.41) is 0.711. The molecular formula is C18H22FN3O. The number of benzene rings is 1. The van der Waals surface area contributed by atoms with Crippen LogP contribution < -0.4 is 0 Å². The summed E-state index contributed by atoms with van der Waals surface area (Å²) in [6.45, 7) is 5.46. The molecule has 0 N–H and O–H groups in total. The van der Waals surface area contributed by atoms with Crippen molar-refractivity contribution in [3.8, 4) is 0 Å². The van der Waals surface area contributed by atoms with Crippen molar-refractivity contribution in [2.45, 2.75) is 19.9 Å². The zero-order chi connectivity index (χ0) is 16.7. The number of nitrogens with zero attached hydrogens (tertiary/aromatic N) is 3. The van der Waals surface area contributed by atoms with Crippen LogP contribution in [-0.4, -0.2) is 53.9 Å². The number of amides is 1. The van der Waals surface area contributed by atoms with Gasteiger partial charge in [-0.15, -0.1) is 0 Å². The lowest BCUT2D eigenvalue weighted by molar-refractivity contribution is 0.0783. The minimum atomic E-state index is -0.337. The number of likely N-dealkylation sites (tertiary alicyclic amines) is 1. The Morgan fingerprint density at radius 2 is 2.04 bits per heavy atom. The van der Waals surface area contributed by atoms with Gasteiger partial charge in [-0.05, 0) is 45.1 Å². The summed E-state index contributed by atoms with van der Waals surface area (Å²) >= 11 is 0. The smallest absolute Gasteiger partial charge is 0.254 e. The highest BCUT2D eigenvalue weighted by molar-refractivity contribution is 6.06. The van der Waals surface area contributed by atoms with Crippen molar-refractivity contribution in [3.05, 3.63) is 41.3 Å². The minimum Gasteiger partial charge on any atom is -0.337 e. The summed E-state index contributed by atoms with van der Waals surface area (Å²) in [5.74, 6) is 0.0976. The predicted molar refractivity (Wildman–Crippen MR) is 89.0 cm³/mol. The summed E-state index contributed by atoms with van der Waals surface area (Å²) in [4.78, 5) is 21.4. The van der Waals surface area contributed by atoms with E-state index in [2.05, 4.69) is 16.8 Å². The van der Waals surface area contributed by atoms with Crippen LogP contribution in [0.4, 0.5) is 4.39 Å². The van der Waals surface area contributed by atoms with Gasteiger partial charge in [0.15, 0.2) is 0 Å². The predicted octanol–water partition coefficient (Wildman–Crippen LogP) is 2.70. The fraction of sp³-hybridized carbons (Fsp3) is 0.444. The summed E-state index contributed by atoms with van der Waals surface area (Å²) < 4.78 is 13.5. The second-order valence-corrected chi connectivity index (χ2v) is 6.69. The van der Waals surface area contributed by atoms with E-state index < -0.39 is 0 Å². The number of pyridine rings is 1. The molecule has 2 heterocycles. The van der Waals surface area contributed by atoms with Crippen LogP contribution >= 0.6 is 0 Å². The number of fused-ring (bicyclic) bond motifs is 1. The van der Waals surface area contributed by atoms with Gasteiger partial charge in [-0.2, -0.15) is 0 Å². The zero-order valence-corrected chi connectivity index (χ0v) is 14.0. The molecule has 1 fully saturated rings. The maximum atomic E-state index is 13.5. The molecule has 2 aromatic rings. The van der Waals surface area contributed by atoms with Gasteiger partial charge >= 0.3 is 0 Å². The molecule has 0 saturated carbocycles. The highest BCUT2D eigenvalue weighted by atomic mass is 19.1. The molecule has 4 nitrogen and oxygen atoms in total. The number of carbonyl (C=O) groups excluding carboxylic acids is 1. The number of halogens is 1. The molecule has 0 spiro atoms. The molecule has 0 aliphatic carbocycles. The average molecular weight is 315 g/mol. The topological polar surface area (TPSA) is 36.4 Å². The van der Waals surface area contributed by atoms with Crippen LogP contribution in [0.2, 0.25) is 0 Å². The molecule has 1 saturated heterocycles. The second-order valence-electron chi connectivity index (χ2n) is 6.69. The van der Waals surface area contributed by atoms with E-state index in [4.69, 9.17) is 0 Å². The van der Waals surface area contributed by atoms with E-state index in [1.807, 2.05) is 25.9 Å². The number of aromatic nitrogens is 1. The van der Waals surface area contributed by atoms with Gasteiger partial charge in [-0.1, -0.05) is 6.92 Å². The molecule has 3 rings (SSSR count).